The number of rotatable bonds is 3. The third-order valence-electron chi connectivity index (χ3n) is 1.33. The van der Waals surface area contributed by atoms with E-state index in [-0.39, 0.29) is 5.54 Å². The molecule has 1 nitrogen and oxygen atoms in total. The highest BCUT2D eigenvalue weighted by atomic mass is 32.2. The third-order valence-corrected chi connectivity index (χ3v) is 3.04. The van der Waals surface area contributed by atoms with Gasteiger partial charge in [-0.2, -0.15) is 12.6 Å². The predicted octanol–water partition coefficient (Wildman–Crippen LogP) is 3.03. The summed E-state index contributed by atoms with van der Waals surface area (Å²) in [7, 11) is 0. The van der Waals surface area contributed by atoms with Crippen LogP contribution in [0.3, 0.4) is 0 Å². The van der Waals surface area contributed by atoms with Crippen LogP contribution >= 0.6 is 24.6 Å². The summed E-state index contributed by atoms with van der Waals surface area (Å²) in [4.78, 5) is 0. The molecule has 3 heteroatoms. The average Bonchev–Trinajstić information content (AvgIpc) is 1.79. The van der Waals surface area contributed by atoms with Gasteiger partial charge in [-0.1, -0.05) is 11.9 Å². The van der Waals surface area contributed by atoms with Gasteiger partial charge in [0.15, 0.2) is 0 Å². The Bertz CT molecular complexity index is 107. The zero-order valence-electron chi connectivity index (χ0n) is 8.09. The summed E-state index contributed by atoms with van der Waals surface area (Å²) in [5, 5.41) is 0.857. The fourth-order valence-corrected chi connectivity index (χ4v) is 2.36. The van der Waals surface area contributed by atoms with Gasteiger partial charge in [0.2, 0.25) is 0 Å². The van der Waals surface area contributed by atoms with E-state index < -0.39 is 0 Å². The molecule has 0 fully saturated rings. The van der Waals surface area contributed by atoms with Crippen molar-refractivity contribution in [1.29, 1.82) is 0 Å². The second kappa shape index (κ2) is 4.63. The van der Waals surface area contributed by atoms with E-state index in [0.29, 0.717) is 6.04 Å². The van der Waals surface area contributed by atoms with E-state index in [1.54, 1.807) is 11.9 Å². The molecular formula is C8H19NS2. The first-order valence-electron chi connectivity index (χ1n) is 3.92. The fourth-order valence-electron chi connectivity index (χ4n) is 1.18. The van der Waals surface area contributed by atoms with Crippen molar-refractivity contribution in [3.8, 4) is 0 Å². The minimum atomic E-state index is 0.238. The Kier molecular flexibility index (Phi) is 4.91. The maximum atomic E-state index is 4.21. The van der Waals surface area contributed by atoms with Crippen molar-refractivity contribution in [3.63, 3.8) is 0 Å². The second-order valence-electron chi connectivity index (χ2n) is 3.85. The normalized spacial score (nSPS) is 13.1. The van der Waals surface area contributed by atoms with Gasteiger partial charge in [-0.05, 0) is 34.6 Å². The van der Waals surface area contributed by atoms with Gasteiger partial charge in [0.25, 0.3) is 0 Å². The molecule has 0 spiro atoms. The highest BCUT2D eigenvalue weighted by molar-refractivity contribution is 8.07. The van der Waals surface area contributed by atoms with Crippen LogP contribution in [-0.4, -0.2) is 21.0 Å². The lowest BCUT2D eigenvalue weighted by atomic mass is 10.1. The van der Waals surface area contributed by atoms with Crippen molar-refractivity contribution < 1.29 is 0 Å². The smallest absolute Gasteiger partial charge is 0.0509 e. The van der Waals surface area contributed by atoms with Crippen molar-refractivity contribution in [2.75, 3.05) is 5.08 Å². The van der Waals surface area contributed by atoms with E-state index in [2.05, 4.69) is 51.6 Å². The molecule has 0 aliphatic rings. The molecule has 0 atom stereocenters. The standard InChI is InChI=1S/C8H19NS2/c1-7(2)9(11-6-10)8(3,4)5/h7,10H,6H2,1-5H3. The maximum absolute atomic E-state index is 4.21. The first kappa shape index (κ1) is 11.7. The first-order valence-corrected chi connectivity index (χ1v) is 5.50. The zero-order valence-corrected chi connectivity index (χ0v) is 9.80. The topological polar surface area (TPSA) is 3.24 Å². The molecular weight excluding hydrogens is 174 g/mol. The summed E-state index contributed by atoms with van der Waals surface area (Å²) in [6.07, 6.45) is 0. The fraction of sp³-hybridized carbons (Fsp3) is 1.00. The molecule has 0 N–H and O–H groups in total. The van der Waals surface area contributed by atoms with Gasteiger partial charge in [-0.15, -0.1) is 0 Å². The molecule has 0 aromatic carbocycles. The second-order valence-corrected chi connectivity index (χ2v) is 5.53. The number of thiol groups is 1. The lowest BCUT2D eigenvalue weighted by Crippen LogP contribution is -2.40. The summed E-state index contributed by atoms with van der Waals surface area (Å²) in [5.41, 5.74) is 0.238. The van der Waals surface area contributed by atoms with E-state index in [9.17, 15) is 0 Å². The van der Waals surface area contributed by atoms with Crippen molar-refractivity contribution in [2.45, 2.75) is 46.2 Å². The van der Waals surface area contributed by atoms with Gasteiger partial charge in [-0.25, -0.2) is 4.31 Å². The number of nitrogens with zero attached hydrogens (tertiary/aromatic N) is 1. The van der Waals surface area contributed by atoms with E-state index in [0.717, 1.165) is 5.08 Å². The van der Waals surface area contributed by atoms with Crippen LogP contribution in [-0.2, 0) is 0 Å². The van der Waals surface area contributed by atoms with Crippen molar-refractivity contribution >= 4 is 24.6 Å². The summed E-state index contributed by atoms with van der Waals surface area (Å²) in [6, 6.07) is 0.576. The molecule has 0 aliphatic carbocycles. The molecule has 0 aliphatic heterocycles. The zero-order chi connectivity index (χ0) is 9.07. The van der Waals surface area contributed by atoms with Crippen molar-refractivity contribution in [3.05, 3.63) is 0 Å². The molecule has 0 rings (SSSR count). The van der Waals surface area contributed by atoms with Crippen LogP contribution < -0.4 is 0 Å². The Morgan fingerprint density at radius 3 is 1.91 bits per heavy atom. The minimum absolute atomic E-state index is 0.238. The van der Waals surface area contributed by atoms with E-state index in [1.165, 1.54) is 0 Å². The average molecular weight is 193 g/mol. The predicted molar refractivity (Wildman–Crippen MR) is 58.2 cm³/mol. The molecule has 0 unspecified atom stereocenters. The quantitative estimate of drug-likeness (QED) is 0.417. The summed E-state index contributed by atoms with van der Waals surface area (Å²) < 4.78 is 2.38. The van der Waals surface area contributed by atoms with Gasteiger partial charge >= 0.3 is 0 Å². The molecule has 0 aromatic rings. The monoisotopic (exact) mass is 193 g/mol. The maximum Gasteiger partial charge on any atom is 0.0509 e. The van der Waals surface area contributed by atoms with E-state index in [4.69, 9.17) is 0 Å². The van der Waals surface area contributed by atoms with Gasteiger partial charge < -0.3 is 0 Å². The lowest BCUT2D eigenvalue weighted by molar-refractivity contribution is 0.232. The van der Waals surface area contributed by atoms with Gasteiger partial charge in [0, 0.05) is 11.6 Å². The van der Waals surface area contributed by atoms with Crippen LogP contribution in [0.2, 0.25) is 0 Å². The van der Waals surface area contributed by atoms with Gasteiger partial charge in [0.05, 0.1) is 5.08 Å². The Hall–Kier alpha value is 0.660. The molecule has 0 aromatic heterocycles. The van der Waals surface area contributed by atoms with Gasteiger partial charge in [-0.3, -0.25) is 0 Å². The van der Waals surface area contributed by atoms with Crippen LogP contribution in [0.5, 0.6) is 0 Å². The highest BCUT2D eigenvalue weighted by Gasteiger charge is 2.23. The highest BCUT2D eigenvalue weighted by Crippen LogP contribution is 2.26. The molecule has 68 valence electrons. The number of hydrogen-bond acceptors (Lipinski definition) is 3. The van der Waals surface area contributed by atoms with Crippen LogP contribution in [0, 0.1) is 0 Å². The molecule has 11 heavy (non-hydrogen) atoms. The van der Waals surface area contributed by atoms with Crippen molar-refractivity contribution in [1.82, 2.24) is 4.31 Å². The van der Waals surface area contributed by atoms with Crippen LogP contribution in [0.1, 0.15) is 34.6 Å². The van der Waals surface area contributed by atoms with Crippen LogP contribution in [0.25, 0.3) is 0 Å². The lowest BCUT2D eigenvalue weighted by Gasteiger charge is -2.37. The van der Waals surface area contributed by atoms with E-state index in [1.807, 2.05) is 0 Å². The first-order chi connectivity index (χ1) is 4.89. The Morgan fingerprint density at radius 1 is 1.36 bits per heavy atom. The molecule has 0 amide bonds. The Morgan fingerprint density at radius 2 is 1.82 bits per heavy atom. The Labute approximate surface area is 80.5 Å². The Balaban J connectivity index is 4.10. The van der Waals surface area contributed by atoms with Gasteiger partial charge in [0.1, 0.15) is 0 Å². The van der Waals surface area contributed by atoms with Crippen LogP contribution in [0.4, 0.5) is 0 Å². The molecule has 0 radical (unpaired) electrons. The summed E-state index contributed by atoms with van der Waals surface area (Å²) >= 11 is 6.00. The minimum Gasteiger partial charge on any atom is -0.242 e. The summed E-state index contributed by atoms with van der Waals surface area (Å²) in [6.45, 7) is 11.1. The number of hydrogen-bond donors (Lipinski definition) is 1. The van der Waals surface area contributed by atoms with Crippen LogP contribution in [0.15, 0.2) is 0 Å². The molecule has 0 bridgehead atoms. The third kappa shape index (κ3) is 4.28. The largest absolute Gasteiger partial charge is 0.242 e. The van der Waals surface area contributed by atoms with Crippen molar-refractivity contribution in [2.24, 2.45) is 0 Å². The van der Waals surface area contributed by atoms with E-state index >= 15 is 0 Å². The summed E-state index contributed by atoms with van der Waals surface area (Å²) in [5.74, 6) is 0. The molecule has 0 saturated carbocycles. The molecule has 0 saturated heterocycles. The molecule has 0 heterocycles. The SMILES string of the molecule is CC(C)N(SCS)C(C)(C)C.